The molecule has 2 aromatic rings. The van der Waals surface area contributed by atoms with Crippen LogP contribution in [-0.4, -0.2) is 51.9 Å². The van der Waals surface area contributed by atoms with Crippen LogP contribution in [0.2, 0.25) is 0 Å². The molecule has 1 N–H and O–H groups in total. The maximum atomic E-state index is 12.5. The zero-order valence-corrected chi connectivity index (χ0v) is 18.4. The summed E-state index contributed by atoms with van der Waals surface area (Å²) >= 11 is 0. The molecule has 1 heterocycles. The molecule has 160 valence electrons. The second kappa shape index (κ2) is 9.91. The Kier molecular flexibility index (Phi) is 7.29. The average molecular weight is 428 g/mol. The summed E-state index contributed by atoms with van der Waals surface area (Å²) in [5.74, 6) is -0.0228. The van der Waals surface area contributed by atoms with Gasteiger partial charge in [-0.3, -0.25) is 4.79 Å². The fourth-order valence-electron chi connectivity index (χ4n) is 3.51. The van der Waals surface area contributed by atoms with Gasteiger partial charge < -0.3 is 9.80 Å². The van der Waals surface area contributed by atoms with E-state index < -0.39 is 10.0 Å². The van der Waals surface area contributed by atoms with E-state index in [1.54, 1.807) is 0 Å². The standard InChI is InChI=1S/C23H29N3O3S/c1-19-7-6-10-22(20(19)2)25-14-16-26(17-15-25)23(27)11-13-24-30(28,29)18-12-21-8-4-3-5-9-21/h3-10,12,18,24H,11,13-17H2,1-2H3. The van der Waals surface area contributed by atoms with Gasteiger partial charge in [-0.25, -0.2) is 13.1 Å². The van der Waals surface area contributed by atoms with Crippen molar-refractivity contribution in [3.8, 4) is 0 Å². The molecule has 6 nitrogen and oxygen atoms in total. The number of hydrogen-bond acceptors (Lipinski definition) is 4. The predicted molar refractivity (Wildman–Crippen MR) is 122 cm³/mol. The molecule has 0 spiro atoms. The third-order valence-electron chi connectivity index (χ3n) is 5.43. The predicted octanol–water partition coefficient (Wildman–Crippen LogP) is 2.93. The summed E-state index contributed by atoms with van der Waals surface area (Å²) in [6.07, 6.45) is 1.69. The van der Waals surface area contributed by atoms with Gasteiger partial charge in [0.25, 0.3) is 0 Å². The van der Waals surface area contributed by atoms with Gasteiger partial charge in [0, 0.05) is 50.2 Å². The van der Waals surface area contributed by atoms with E-state index in [2.05, 4.69) is 41.7 Å². The lowest BCUT2D eigenvalue weighted by atomic mass is 10.1. The number of hydrogen-bond donors (Lipinski definition) is 1. The summed E-state index contributed by atoms with van der Waals surface area (Å²) in [5, 5.41) is 1.13. The summed E-state index contributed by atoms with van der Waals surface area (Å²) in [6.45, 7) is 7.18. The maximum Gasteiger partial charge on any atom is 0.233 e. The first-order chi connectivity index (χ1) is 14.4. The molecule has 0 radical (unpaired) electrons. The van der Waals surface area contributed by atoms with E-state index in [4.69, 9.17) is 0 Å². The van der Waals surface area contributed by atoms with Crippen LogP contribution in [0, 0.1) is 13.8 Å². The fraction of sp³-hybridized carbons (Fsp3) is 0.348. The minimum Gasteiger partial charge on any atom is -0.368 e. The number of rotatable bonds is 7. The second-order valence-corrected chi connectivity index (χ2v) is 9.14. The van der Waals surface area contributed by atoms with Gasteiger partial charge in [-0.05, 0) is 42.7 Å². The van der Waals surface area contributed by atoms with Crippen LogP contribution in [0.15, 0.2) is 53.9 Å². The normalized spacial score (nSPS) is 15.0. The number of sulfonamides is 1. The molecule has 1 saturated heterocycles. The Labute approximate surface area is 179 Å². The van der Waals surface area contributed by atoms with Gasteiger partial charge in [0.1, 0.15) is 0 Å². The molecule has 1 aliphatic rings. The van der Waals surface area contributed by atoms with Crippen LogP contribution >= 0.6 is 0 Å². The highest BCUT2D eigenvalue weighted by Crippen LogP contribution is 2.23. The smallest absolute Gasteiger partial charge is 0.233 e. The van der Waals surface area contributed by atoms with Crippen LogP contribution in [0.3, 0.4) is 0 Å². The number of benzene rings is 2. The number of amides is 1. The molecule has 7 heteroatoms. The molecular weight excluding hydrogens is 398 g/mol. The SMILES string of the molecule is Cc1cccc(N2CCN(C(=O)CCNS(=O)(=O)C=Cc3ccccc3)CC2)c1C. The lowest BCUT2D eigenvalue weighted by Crippen LogP contribution is -2.49. The molecule has 1 fully saturated rings. The Morgan fingerprint density at radius 1 is 1.00 bits per heavy atom. The van der Waals surface area contributed by atoms with E-state index in [1.165, 1.54) is 22.9 Å². The Bertz CT molecular complexity index is 996. The topological polar surface area (TPSA) is 69.7 Å². The molecule has 30 heavy (non-hydrogen) atoms. The lowest BCUT2D eigenvalue weighted by molar-refractivity contribution is -0.131. The van der Waals surface area contributed by atoms with Crippen molar-refractivity contribution in [3.05, 3.63) is 70.6 Å². The van der Waals surface area contributed by atoms with Crippen LogP contribution in [-0.2, 0) is 14.8 Å². The summed E-state index contributed by atoms with van der Waals surface area (Å²) < 4.78 is 26.7. The maximum absolute atomic E-state index is 12.5. The van der Waals surface area contributed by atoms with Gasteiger partial charge in [-0.15, -0.1) is 0 Å². The highest BCUT2D eigenvalue weighted by molar-refractivity contribution is 7.92. The van der Waals surface area contributed by atoms with Crippen molar-refractivity contribution < 1.29 is 13.2 Å². The zero-order chi connectivity index (χ0) is 21.6. The average Bonchev–Trinajstić information content (AvgIpc) is 2.75. The lowest BCUT2D eigenvalue weighted by Gasteiger charge is -2.37. The van der Waals surface area contributed by atoms with Crippen LogP contribution in [0.1, 0.15) is 23.1 Å². The molecule has 0 atom stereocenters. The number of nitrogens with one attached hydrogen (secondary N) is 1. The highest BCUT2D eigenvalue weighted by atomic mass is 32.2. The quantitative estimate of drug-likeness (QED) is 0.738. The van der Waals surface area contributed by atoms with E-state index in [1.807, 2.05) is 35.2 Å². The Hall–Kier alpha value is -2.64. The van der Waals surface area contributed by atoms with Gasteiger partial charge in [0.05, 0.1) is 0 Å². The van der Waals surface area contributed by atoms with E-state index in [0.29, 0.717) is 13.1 Å². The number of anilines is 1. The number of carbonyl (C=O) groups excluding carboxylic acids is 1. The Morgan fingerprint density at radius 3 is 2.40 bits per heavy atom. The molecule has 0 saturated carbocycles. The van der Waals surface area contributed by atoms with Crippen molar-refractivity contribution in [3.63, 3.8) is 0 Å². The molecule has 1 aliphatic heterocycles. The number of carbonyl (C=O) groups is 1. The highest BCUT2D eigenvalue weighted by Gasteiger charge is 2.22. The molecule has 0 unspecified atom stereocenters. The Morgan fingerprint density at radius 2 is 1.70 bits per heavy atom. The van der Waals surface area contributed by atoms with Gasteiger partial charge >= 0.3 is 0 Å². The monoisotopic (exact) mass is 427 g/mol. The van der Waals surface area contributed by atoms with Gasteiger partial charge in [0.2, 0.25) is 15.9 Å². The second-order valence-electron chi connectivity index (χ2n) is 7.49. The van der Waals surface area contributed by atoms with Crippen LogP contribution in [0.4, 0.5) is 5.69 Å². The first-order valence-corrected chi connectivity index (χ1v) is 11.7. The minimum absolute atomic E-state index is 0.0228. The molecule has 3 rings (SSSR count). The number of piperazine rings is 1. The molecule has 0 bridgehead atoms. The van der Waals surface area contributed by atoms with Crippen molar-refractivity contribution in [2.75, 3.05) is 37.6 Å². The van der Waals surface area contributed by atoms with Gasteiger partial charge in [-0.2, -0.15) is 0 Å². The van der Waals surface area contributed by atoms with Gasteiger partial charge in [0.15, 0.2) is 0 Å². The van der Waals surface area contributed by atoms with Crippen molar-refractivity contribution in [1.29, 1.82) is 0 Å². The minimum atomic E-state index is -3.57. The third kappa shape index (κ3) is 5.93. The van der Waals surface area contributed by atoms with Crippen LogP contribution in [0.25, 0.3) is 6.08 Å². The molecule has 0 aromatic heterocycles. The van der Waals surface area contributed by atoms with Crippen LogP contribution < -0.4 is 9.62 Å². The zero-order valence-electron chi connectivity index (χ0n) is 17.5. The van der Waals surface area contributed by atoms with E-state index in [9.17, 15) is 13.2 Å². The molecular formula is C23H29N3O3S. The molecule has 0 aliphatic carbocycles. The van der Waals surface area contributed by atoms with Crippen molar-refractivity contribution >= 4 is 27.7 Å². The first-order valence-electron chi connectivity index (χ1n) is 10.2. The van der Waals surface area contributed by atoms with Crippen molar-refractivity contribution in [2.45, 2.75) is 20.3 Å². The molecule has 2 aromatic carbocycles. The van der Waals surface area contributed by atoms with E-state index in [0.717, 1.165) is 24.1 Å². The van der Waals surface area contributed by atoms with Crippen LogP contribution in [0.5, 0.6) is 0 Å². The summed E-state index contributed by atoms with van der Waals surface area (Å²) in [7, 11) is -3.57. The first kappa shape index (κ1) is 22.1. The number of nitrogens with zero attached hydrogens (tertiary/aromatic N) is 2. The van der Waals surface area contributed by atoms with Crippen molar-refractivity contribution in [1.82, 2.24) is 9.62 Å². The molecule has 1 amide bonds. The van der Waals surface area contributed by atoms with Crippen molar-refractivity contribution in [2.24, 2.45) is 0 Å². The van der Waals surface area contributed by atoms with E-state index in [-0.39, 0.29) is 18.9 Å². The number of aryl methyl sites for hydroxylation is 1. The summed E-state index contributed by atoms with van der Waals surface area (Å²) in [6, 6.07) is 15.5. The summed E-state index contributed by atoms with van der Waals surface area (Å²) in [4.78, 5) is 16.6. The fourth-order valence-corrected chi connectivity index (χ4v) is 4.33. The van der Waals surface area contributed by atoms with E-state index >= 15 is 0 Å². The summed E-state index contributed by atoms with van der Waals surface area (Å²) in [5.41, 5.74) is 4.57. The van der Waals surface area contributed by atoms with Gasteiger partial charge in [-0.1, -0.05) is 42.5 Å². The Balaban J connectivity index is 1.45. The largest absolute Gasteiger partial charge is 0.368 e. The third-order valence-corrected chi connectivity index (χ3v) is 6.53.